The molecule has 2 fully saturated rings. The van der Waals surface area contributed by atoms with Gasteiger partial charge in [0.1, 0.15) is 5.60 Å². The Morgan fingerprint density at radius 2 is 1.67 bits per heavy atom. The van der Waals surface area contributed by atoms with E-state index in [0.717, 1.165) is 36.0 Å². The fourth-order valence-electron chi connectivity index (χ4n) is 3.11. The maximum Gasteiger partial charge on any atom is 0.410 e. The van der Waals surface area contributed by atoms with Gasteiger partial charge in [-0.2, -0.15) is 0 Å². The zero-order chi connectivity index (χ0) is 15.5. The van der Waals surface area contributed by atoms with Crippen molar-refractivity contribution in [3.05, 3.63) is 0 Å². The van der Waals surface area contributed by atoms with E-state index in [1.54, 1.807) is 0 Å². The maximum absolute atomic E-state index is 12.0. The summed E-state index contributed by atoms with van der Waals surface area (Å²) in [7, 11) is 0. The molecule has 1 aliphatic carbocycles. The van der Waals surface area contributed by atoms with Gasteiger partial charge in [-0.05, 0) is 52.4 Å². The van der Waals surface area contributed by atoms with Gasteiger partial charge in [0.15, 0.2) is 0 Å². The van der Waals surface area contributed by atoms with Gasteiger partial charge in [-0.25, -0.2) is 4.79 Å². The van der Waals surface area contributed by atoms with Gasteiger partial charge in [0.05, 0.1) is 0 Å². The lowest BCUT2D eigenvalue weighted by molar-refractivity contribution is 0.0129. The highest BCUT2D eigenvalue weighted by molar-refractivity contribution is 14.1. The predicted molar refractivity (Wildman–Crippen MR) is 94.0 cm³/mol. The van der Waals surface area contributed by atoms with E-state index < -0.39 is 5.60 Å². The van der Waals surface area contributed by atoms with Gasteiger partial charge in [0.2, 0.25) is 0 Å². The molecule has 0 aromatic carbocycles. The first kappa shape index (κ1) is 17.3. The van der Waals surface area contributed by atoms with E-state index in [0.29, 0.717) is 0 Å². The average molecular weight is 408 g/mol. The minimum absolute atomic E-state index is 0.160. The van der Waals surface area contributed by atoms with Crippen LogP contribution >= 0.6 is 22.6 Å². The molecule has 122 valence electrons. The Hall–Kier alpha value is -0.0400. The van der Waals surface area contributed by atoms with Crippen molar-refractivity contribution in [3.8, 4) is 0 Å². The summed E-state index contributed by atoms with van der Waals surface area (Å²) < 4.78 is 6.33. The highest BCUT2D eigenvalue weighted by atomic mass is 127. The zero-order valence-corrected chi connectivity index (χ0v) is 15.8. The van der Waals surface area contributed by atoms with Gasteiger partial charge < -0.3 is 9.64 Å². The van der Waals surface area contributed by atoms with Crippen molar-refractivity contribution in [2.24, 2.45) is 5.92 Å². The van der Waals surface area contributed by atoms with Gasteiger partial charge in [-0.3, -0.25) is 4.90 Å². The number of alkyl halides is 1. The molecule has 0 aromatic heterocycles. The molecule has 0 unspecified atom stereocenters. The van der Waals surface area contributed by atoms with E-state index in [-0.39, 0.29) is 6.09 Å². The minimum Gasteiger partial charge on any atom is -0.444 e. The van der Waals surface area contributed by atoms with E-state index in [4.69, 9.17) is 4.74 Å². The van der Waals surface area contributed by atoms with Gasteiger partial charge >= 0.3 is 6.09 Å². The van der Waals surface area contributed by atoms with Crippen LogP contribution in [-0.4, -0.2) is 58.1 Å². The van der Waals surface area contributed by atoms with E-state index in [1.807, 2.05) is 25.7 Å². The number of halogens is 1. The molecule has 0 N–H and O–H groups in total. The first-order valence-electron chi connectivity index (χ1n) is 8.18. The summed E-state index contributed by atoms with van der Waals surface area (Å²) in [6, 6.07) is 0. The Bertz CT molecular complexity index is 341. The van der Waals surface area contributed by atoms with Crippen LogP contribution in [0.3, 0.4) is 0 Å². The Morgan fingerprint density at radius 1 is 1.10 bits per heavy atom. The number of rotatable bonds is 2. The lowest BCUT2D eigenvalue weighted by atomic mass is 9.89. The molecule has 2 aliphatic rings. The van der Waals surface area contributed by atoms with Crippen LogP contribution in [0.4, 0.5) is 4.79 Å². The molecule has 2 rings (SSSR count). The fourth-order valence-corrected chi connectivity index (χ4v) is 3.83. The fraction of sp³-hybridized carbons (Fsp3) is 0.938. The van der Waals surface area contributed by atoms with Crippen LogP contribution in [0.2, 0.25) is 0 Å². The van der Waals surface area contributed by atoms with Crippen LogP contribution in [0.5, 0.6) is 0 Å². The Morgan fingerprint density at radius 3 is 2.19 bits per heavy atom. The lowest BCUT2D eigenvalue weighted by Gasteiger charge is -2.38. The van der Waals surface area contributed by atoms with Crippen molar-refractivity contribution in [2.45, 2.75) is 56.0 Å². The number of ether oxygens (including phenoxy) is 1. The van der Waals surface area contributed by atoms with Crippen LogP contribution in [-0.2, 0) is 4.74 Å². The molecule has 0 radical (unpaired) electrons. The molecular weight excluding hydrogens is 379 g/mol. The number of carbonyl (C=O) groups excluding carboxylic acids is 1. The molecule has 0 spiro atoms. The van der Waals surface area contributed by atoms with Gasteiger partial charge in [-0.1, -0.05) is 22.6 Å². The number of nitrogens with zero attached hydrogens (tertiary/aromatic N) is 2. The third kappa shape index (κ3) is 5.93. The van der Waals surface area contributed by atoms with Crippen molar-refractivity contribution >= 4 is 28.7 Å². The second-order valence-corrected chi connectivity index (χ2v) is 9.15. The lowest BCUT2D eigenvalue weighted by Crippen LogP contribution is -2.51. The Labute approximate surface area is 142 Å². The quantitative estimate of drug-likeness (QED) is 0.518. The van der Waals surface area contributed by atoms with Crippen LogP contribution in [0, 0.1) is 5.92 Å². The van der Waals surface area contributed by atoms with Crippen LogP contribution in [0.1, 0.15) is 46.5 Å². The van der Waals surface area contributed by atoms with Crippen molar-refractivity contribution < 1.29 is 9.53 Å². The molecule has 1 heterocycles. The maximum atomic E-state index is 12.0. The van der Waals surface area contributed by atoms with E-state index >= 15 is 0 Å². The van der Waals surface area contributed by atoms with E-state index in [1.165, 1.54) is 32.2 Å². The molecule has 5 heteroatoms. The summed E-state index contributed by atoms with van der Waals surface area (Å²) in [4.78, 5) is 16.4. The Balaban J connectivity index is 1.69. The number of piperazine rings is 1. The molecule has 21 heavy (non-hydrogen) atoms. The number of amides is 1. The minimum atomic E-state index is -0.397. The molecule has 1 saturated carbocycles. The van der Waals surface area contributed by atoms with Crippen LogP contribution in [0.25, 0.3) is 0 Å². The van der Waals surface area contributed by atoms with Crippen LogP contribution < -0.4 is 0 Å². The van der Waals surface area contributed by atoms with Crippen LogP contribution in [0.15, 0.2) is 0 Å². The number of hydrogen-bond acceptors (Lipinski definition) is 3. The number of hydrogen-bond donors (Lipinski definition) is 0. The van der Waals surface area contributed by atoms with Gasteiger partial charge in [-0.15, -0.1) is 0 Å². The van der Waals surface area contributed by atoms with E-state index in [9.17, 15) is 4.79 Å². The normalized spacial score (nSPS) is 28.5. The largest absolute Gasteiger partial charge is 0.444 e. The van der Waals surface area contributed by atoms with Gasteiger partial charge in [0, 0.05) is 36.6 Å². The summed E-state index contributed by atoms with van der Waals surface area (Å²) in [5.41, 5.74) is -0.397. The molecule has 1 aliphatic heterocycles. The standard InChI is InChI=1S/C16H29IN2O2/c1-16(2,3)21-15(20)19-10-8-18(9-11-19)12-13-4-6-14(17)7-5-13/h13-14H,4-12H2,1-3H3. The highest BCUT2D eigenvalue weighted by Crippen LogP contribution is 2.29. The first-order valence-corrected chi connectivity index (χ1v) is 9.42. The van der Waals surface area contributed by atoms with Crippen molar-refractivity contribution in [1.29, 1.82) is 0 Å². The smallest absolute Gasteiger partial charge is 0.410 e. The molecule has 0 atom stereocenters. The molecule has 1 saturated heterocycles. The molecule has 0 bridgehead atoms. The van der Waals surface area contributed by atoms with Crippen molar-refractivity contribution in [3.63, 3.8) is 0 Å². The van der Waals surface area contributed by atoms with Gasteiger partial charge in [0.25, 0.3) is 0 Å². The zero-order valence-electron chi connectivity index (χ0n) is 13.6. The number of carbonyl (C=O) groups is 1. The average Bonchev–Trinajstić information content (AvgIpc) is 2.40. The predicted octanol–water partition coefficient (Wildman–Crippen LogP) is 3.53. The van der Waals surface area contributed by atoms with Crippen molar-refractivity contribution in [2.75, 3.05) is 32.7 Å². The summed E-state index contributed by atoms with van der Waals surface area (Å²) in [5.74, 6) is 0.865. The summed E-state index contributed by atoms with van der Waals surface area (Å²) in [6.07, 6.45) is 5.35. The third-order valence-corrected chi connectivity index (χ3v) is 5.56. The highest BCUT2D eigenvalue weighted by Gasteiger charge is 2.27. The molecular formula is C16H29IN2O2. The Kier molecular flexibility index (Phi) is 6.17. The first-order chi connectivity index (χ1) is 9.83. The summed E-state index contributed by atoms with van der Waals surface area (Å²) in [5, 5.41) is 0. The third-order valence-electron chi connectivity index (χ3n) is 4.32. The van der Waals surface area contributed by atoms with Crippen molar-refractivity contribution in [1.82, 2.24) is 9.80 Å². The monoisotopic (exact) mass is 408 g/mol. The second kappa shape index (κ2) is 7.49. The molecule has 1 amide bonds. The van der Waals surface area contributed by atoms with E-state index in [2.05, 4.69) is 27.5 Å². The summed E-state index contributed by atoms with van der Waals surface area (Å²) in [6.45, 7) is 10.6. The molecule has 4 nitrogen and oxygen atoms in total. The topological polar surface area (TPSA) is 32.8 Å². The molecule has 0 aromatic rings. The second-order valence-electron chi connectivity index (χ2n) is 7.39. The summed E-state index contributed by atoms with van der Waals surface area (Å²) >= 11 is 2.59. The SMILES string of the molecule is CC(C)(C)OC(=O)N1CCN(CC2CCC(I)CC2)CC1.